The average molecular weight is 420 g/mol. The van der Waals surface area contributed by atoms with Crippen LogP contribution >= 0.6 is 11.6 Å². The molecule has 2 amide bonds. The Balaban J connectivity index is 1.40. The van der Waals surface area contributed by atoms with E-state index in [1.807, 2.05) is 0 Å². The quantitative estimate of drug-likeness (QED) is 0.769. The number of methoxy groups -OCH3 is 1. The Kier molecular flexibility index (Phi) is 6.30. The zero-order chi connectivity index (χ0) is 20.4. The van der Waals surface area contributed by atoms with Crippen molar-refractivity contribution in [1.29, 1.82) is 0 Å². The van der Waals surface area contributed by atoms with Gasteiger partial charge in [0, 0.05) is 30.2 Å². The number of ether oxygens (including phenoxy) is 1. The highest BCUT2D eigenvalue weighted by Crippen LogP contribution is 2.32. The first-order valence-corrected chi connectivity index (χ1v) is 11.1. The SMILES string of the molecule is COc1ccc(Cl)cc1C(=O)N1CCCC1C(=O)NCC1CCCCN1C1CC1. The van der Waals surface area contributed by atoms with Gasteiger partial charge in [-0.1, -0.05) is 18.0 Å². The first-order chi connectivity index (χ1) is 14.1. The number of amides is 2. The number of rotatable bonds is 6. The van der Waals surface area contributed by atoms with Gasteiger partial charge < -0.3 is 15.0 Å². The Morgan fingerprint density at radius 1 is 1.14 bits per heavy atom. The molecule has 4 rings (SSSR count). The van der Waals surface area contributed by atoms with Crippen LogP contribution in [0.4, 0.5) is 0 Å². The van der Waals surface area contributed by atoms with E-state index in [9.17, 15) is 9.59 Å². The maximum Gasteiger partial charge on any atom is 0.258 e. The standard InChI is InChI=1S/C22H30ClN3O3/c1-29-20-10-7-15(23)13-18(20)22(28)26-12-4-6-19(26)21(27)24-14-17-5-2-3-11-25(17)16-8-9-16/h7,10,13,16-17,19H,2-6,8-9,11-12,14H2,1H3,(H,24,27). The molecule has 1 saturated carbocycles. The van der Waals surface area contributed by atoms with E-state index in [0.717, 1.165) is 25.4 Å². The Labute approximate surface area is 177 Å². The van der Waals surface area contributed by atoms with Gasteiger partial charge in [-0.15, -0.1) is 0 Å². The molecule has 0 bridgehead atoms. The van der Waals surface area contributed by atoms with E-state index in [4.69, 9.17) is 16.3 Å². The van der Waals surface area contributed by atoms with Gasteiger partial charge in [0.25, 0.3) is 5.91 Å². The molecule has 2 aliphatic heterocycles. The Hall–Kier alpha value is -1.79. The Morgan fingerprint density at radius 3 is 2.72 bits per heavy atom. The van der Waals surface area contributed by atoms with Gasteiger partial charge in [0.05, 0.1) is 12.7 Å². The maximum absolute atomic E-state index is 13.1. The molecule has 6 nitrogen and oxygen atoms in total. The van der Waals surface area contributed by atoms with Crippen molar-refractivity contribution in [2.45, 2.75) is 63.1 Å². The van der Waals surface area contributed by atoms with Gasteiger partial charge >= 0.3 is 0 Å². The minimum absolute atomic E-state index is 0.0434. The van der Waals surface area contributed by atoms with E-state index in [2.05, 4.69) is 10.2 Å². The van der Waals surface area contributed by atoms with Crippen LogP contribution < -0.4 is 10.1 Å². The number of piperidine rings is 1. The molecule has 0 radical (unpaired) electrons. The average Bonchev–Trinajstić information content (AvgIpc) is 3.47. The largest absolute Gasteiger partial charge is 0.496 e. The summed E-state index contributed by atoms with van der Waals surface area (Å²) in [6.07, 6.45) is 7.72. The number of nitrogens with one attached hydrogen (secondary N) is 1. The Morgan fingerprint density at radius 2 is 1.97 bits per heavy atom. The highest BCUT2D eigenvalue weighted by Gasteiger charge is 2.38. The normalized spacial score (nSPS) is 25.1. The van der Waals surface area contributed by atoms with Crippen LogP contribution in [0.1, 0.15) is 55.3 Å². The van der Waals surface area contributed by atoms with E-state index < -0.39 is 6.04 Å². The van der Waals surface area contributed by atoms with Gasteiger partial charge in [-0.2, -0.15) is 0 Å². The van der Waals surface area contributed by atoms with E-state index in [1.54, 1.807) is 23.1 Å². The molecular weight excluding hydrogens is 390 g/mol. The predicted octanol–water partition coefficient (Wildman–Crippen LogP) is 3.09. The molecular formula is C22H30ClN3O3. The lowest BCUT2D eigenvalue weighted by Gasteiger charge is -2.36. The molecule has 29 heavy (non-hydrogen) atoms. The van der Waals surface area contributed by atoms with E-state index in [0.29, 0.717) is 41.9 Å². The summed E-state index contributed by atoms with van der Waals surface area (Å²) in [5.41, 5.74) is 0.409. The first kappa shape index (κ1) is 20.5. The topological polar surface area (TPSA) is 61.9 Å². The van der Waals surface area contributed by atoms with Crippen LogP contribution in [0.2, 0.25) is 5.02 Å². The summed E-state index contributed by atoms with van der Waals surface area (Å²) < 4.78 is 5.33. The molecule has 0 spiro atoms. The minimum Gasteiger partial charge on any atom is -0.496 e. The number of likely N-dealkylation sites (tertiary alicyclic amines) is 2. The van der Waals surface area contributed by atoms with Crippen LogP contribution in [0, 0.1) is 0 Å². The molecule has 2 heterocycles. The lowest BCUT2D eigenvalue weighted by atomic mass is 10.0. The van der Waals surface area contributed by atoms with Crippen molar-refractivity contribution in [2.75, 3.05) is 26.7 Å². The van der Waals surface area contributed by atoms with Crippen LogP contribution in [-0.2, 0) is 4.79 Å². The van der Waals surface area contributed by atoms with E-state index >= 15 is 0 Å². The summed E-state index contributed by atoms with van der Waals surface area (Å²) in [6, 6.07) is 5.73. The van der Waals surface area contributed by atoms with Gasteiger partial charge in [0.1, 0.15) is 11.8 Å². The van der Waals surface area contributed by atoms with Crippen molar-refractivity contribution in [3.05, 3.63) is 28.8 Å². The second kappa shape index (κ2) is 8.92. The minimum atomic E-state index is -0.427. The molecule has 1 aliphatic carbocycles. The van der Waals surface area contributed by atoms with Gasteiger partial charge in [-0.25, -0.2) is 0 Å². The first-order valence-electron chi connectivity index (χ1n) is 10.8. The maximum atomic E-state index is 13.1. The third-order valence-electron chi connectivity index (χ3n) is 6.41. The van der Waals surface area contributed by atoms with Crippen LogP contribution in [0.3, 0.4) is 0 Å². The van der Waals surface area contributed by atoms with Crippen molar-refractivity contribution in [3.63, 3.8) is 0 Å². The molecule has 3 fully saturated rings. The van der Waals surface area contributed by atoms with E-state index in [1.165, 1.54) is 32.8 Å². The van der Waals surface area contributed by atoms with Crippen LogP contribution in [0.25, 0.3) is 0 Å². The molecule has 2 atom stereocenters. The highest BCUT2D eigenvalue weighted by molar-refractivity contribution is 6.31. The molecule has 2 unspecified atom stereocenters. The van der Waals surface area contributed by atoms with Crippen molar-refractivity contribution >= 4 is 23.4 Å². The van der Waals surface area contributed by atoms with Crippen molar-refractivity contribution in [2.24, 2.45) is 0 Å². The number of nitrogens with zero attached hydrogens (tertiary/aromatic N) is 2. The fourth-order valence-electron chi connectivity index (χ4n) is 4.75. The summed E-state index contributed by atoms with van der Waals surface area (Å²) >= 11 is 6.09. The number of halogens is 1. The molecule has 158 valence electrons. The fourth-order valence-corrected chi connectivity index (χ4v) is 4.92. The molecule has 1 N–H and O–H groups in total. The van der Waals surface area contributed by atoms with Gasteiger partial charge in [0.2, 0.25) is 5.91 Å². The van der Waals surface area contributed by atoms with Crippen molar-refractivity contribution in [3.8, 4) is 5.75 Å². The summed E-state index contributed by atoms with van der Waals surface area (Å²) in [5, 5.41) is 3.63. The second-order valence-corrected chi connectivity index (χ2v) is 8.80. The number of carbonyl (C=O) groups excluding carboxylic acids is 2. The van der Waals surface area contributed by atoms with Crippen LogP contribution in [0.5, 0.6) is 5.75 Å². The van der Waals surface area contributed by atoms with Crippen molar-refractivity contribution in [1.82, 2.24) is 15.1 Å². The van der Waals surface area contributed by atoms with Gasteiger partial charge in [-0.05, 0) is 63.3 Å². The summed E-state index contributed by atoms with van der Waals surface area (Å²) in [6.45, 7) is 2.40. The third kappa shape index (κ3) is 4.53. The number of hydrogen-bond donors (Lipinski definition) is 1. The number of carbonyl (C=O) groups is 2. The zero-order valence-corrected chi connectivity index (χ0v) is 17.8. The zero-order valence-electron chi connectivity index (χ0n) is 17.0. The Bertz CT molecular complexity index is 768. The number of hydrogen-bond acceptors (Lipinski definition) is 4. The summed E-state index contributed by atoms with van der Waals surface area (Å²) in [5.74, 6) is 0.241. The molecule has 1 aromatic rings. The summed E-state index contributed by atoms with van der Waals surface area (Å²) in [4.78, 5) is 30.4. The lowest BCUT2D eigenvalue weighted by Crippen LogP contribution is -2.51. The van der Waals surface area contributed by atoms with Gasteiger partial charge in [-0.3, -0.25) is 14.5 Å². The lowest BCUT2D eigenvalue weighted by molar-refractivity contribution is -0.125. The fraction of sp³-hybridized carbons (Fsp3) is 0.636. The molecule has 1 aromatic carbocycles. The molecule has 3 aliphatic rings. The highest BCUT2D eigenvalue weighted by atomic mass is 35.5. The van der Waals surface area contributed by atoms with Crippen LogP contribution in [0.15, 0.2) is 18.2 Å². The van der Waals surface area contributed by atoms with Gasteiger partial charge in [0.15, 0.2) is 0 Å². The van der Waals surface area contributed by atoms with Crippen molar-refractivity contribution < 1.29 is 14.3 Å². The number of benzene rings is 1. The molecule has 7 heteroatoms. The van der Waals surface area contributed by atoms with E-state index in [-0.39, 0.29) is 11.8 Å². The van der Waals surface area contributed by atoms with Crippen LogP contribution in [-0.4, -0.2) is 66.5 Å². The molecule has 2 saturated heterocycles. The smallest absolute Gasteiger partial charge is 0.258 e. The predicted molar refractivity (Wildman–Crippen MR) is 112 cm³/mol. The third-order valence-corrected chi connectivity index (χ3v) is 6.64. The monoisotopic (exact) mass is 419 g/mol. The summed E-state index contributed by atoms with van der Waals surface area (Å²) in [7, 11) is 1.53. The molecule has 0 aromatic heterocycles. The second-order valence-electron chi connectivity index (χ2n) is 8.36.